The summed E-state index contributed by atoms with van der Waals surface area (Å²) in [5.74, 6) is -1.02. The van der Waals surface area contributed by atoms with E-state index >= 15 is 0 Å². The van der Waals surface area contributed by atoms with Gasteiger partial charge in [0.1, 0.15) is 10.4 Å². The Kier molecular flexibility index (Phi) is 4.76. The average Bonchev–Trinajstić information content (AvgIpc) is 3.16. The fourth-order valence-corrected chi connectivity index (χ4v) is 4.01. The number of halogens is 4. The van der Waals surface area contributed by atoms with Crippen molar-refractivity contribution < 1.29 is 23.1 Å². The number of carboxylic acid groups (broad SMARTS) is 1. The van der Waals surface area contributed by atoms with Gasteiger partial charge in [-0.05, 0) is 59.3 Å². The zero-order chi connectivity index (χ0) is 22.7. The molecule has 0 fully saturated rings. The fourth-order valence-electron chi connectivity index (χ4n) is 3.31. The Balaban J connectivity index is 1.87. The molecule has 2 aromatic heterocycles. The van der Waals surface area contributed by atoms with Gasteiger partial charge in [0.25, 0.3) is 0 Å². The SMILES string of the molecule is Cc1nn(C)c(=O)n1-c1ccc(-n2nc3cc(C(F)(F)F)cc(C(=O)O)c3c2Br)cc1. The Labute approximate surface area is 180 Å². The molecule has 0 aliphatic rings. The van der Waals surface area contributed by atoms with Gasteiger partial charge in [0.05, 0.1) is 28.0 Å². The molecule has 2 heterocycles. The first-order valence-electron chi connectivity index (χ1n) is 8.75. The van der Waals surface area contributed by atoms with E-state index in [4.69, 9.17) is 0 Å². The van der Waals surface area contributed by atoms with Gasteiger partial charge >= 0.3 is 17.8 Å². The quantitative estimate of drug-likeness (QED) is 0.467. The molecule has 8 nitrogen and oxygen atoms in total. The number of nitrogens with zero attached hydrogens (tertiary/aromatic N) is 5. The van der Waals surface area contributed by atoms with Gasteiger partial charge < -0.3 is 5.11 Å². The number of aromatic nitrogens is 5. The van der Waals surface area contributed by atoms with Gasteiger partial charge in [-0.15, -0.1) is 0 Å². The largest absolute Gasteiger partial charge is 0.478 e. The van der Waals surface area contributed by atoms with Crippen LogP contribution in [0.5, 0.6) is 0 Å². The van der Waals surface area contributed by atoms with Gasteiger partial charge in [-0.2, -0.15) is 23.4 Å². The number of fused-ring (bicyclic) bond motifs is 1. The van der Waals surface area contributed by atoms with Crippen molar-refractivity contribution >= 4 is 32.8 Å². The lowest BCUT2D eigenvalue weighted by molar-refractivity contribution is -0.137. The number of aromatic carboxylic acids is 1. The molecule has 0 saturated carbocycles. The summed E-state index contributed by atoms with van der Waals surface area (Å²) >= 11 is 3.26. The number of carbonyl (C=O) groups is 1. The van der Waals surface area contributed by atoms with Crippen LogP contribution in [0.2, 0.25) is 0 Å². The zero-order valence-electron chi connectivity index (χ0n) is 16.0. The molecule has 4 aromatic rings. The lowest BCUT2D eigenvalue weighted by Gasteiger charge is -2.08. The summed E-state index contributed by atoms with van der Waals surface area (Å²) < 4.78 is 43.6. The molecule has 12 heteroatoms. The van der Waals surface area contributed by atoms with Crippen LogP contribution in [0, 0.1) is 6.92 Å². The van der Waals surface area contributed by atoms with Gasteiger partial charge in [-0.1, -0.05) is 0 Å². The van der Waals surface area contributed by atoms with Crippen LogP contribution in [0.1, 0.15) is 21.7 Å². The highest BCUT2D eigenvalue weighted by Gasteiger charge is 2.33. The van der Waals surface area contributed by atoms with Crippen molar-refractivity contribution in [2.24, 2.45) is 7.05 Å². The van der Waals surface area contributed by atoms with Crippen molar-refractivity contribution in [2.75, 3.05) is 0 Å². The summed E-state index contributed by atoms with van der Waals surface area (Å²) in [6.45, 7) is 1.68. The number of rotatable bonds is 3. The first-order chi connectivity index (χ1) is 14.5. The minimum absolute atomic E-state index is 0.0453. The first-order valence-corrected chi connectivity index (χ1v) is 9.54. The Hall–Kier alpha value is -3.41. The molecule has 0 aliphatic carbocycles. The maximum atomic E-state index is 13.2. The van der Waals surface area contributed by atoms with Gasteiger partial charge in [0.2, 0.25) is 0 Å². The lowest BCUT2D eigenvalue weighted by Crippen LogP contribution is -2.21. The molecular formula is C19H13BrF3N5O3. The summed E-state index contributed by atoms with van der Waals surface area (Å²) in [6.07, 6.45) is -4.72. The van der Waals surface area contributed by atoms with Crippen molar-refractivity contribution in [1.29, 1.82) is 0 Å². The zero-order valence-corrected chi connectivity index (χ0v) is 17.6. The van der Waals surface area contributed by atoms with Crippen molar-refractivity contribution in [3.8, 4) is 11.4 Å². The minimum atomic E-state index is -4.72. The number of benzene rings is 2. The summed E-state index contributed by atoms with van der Waals surface area (Å²) in [4.78, 5) is 23.8. The second-order valence-electron chi connectivity index (χ2n) is 6.73. The molecule has 0 spiro atoms. The molecule has 0 bridgehead atoms. The van der Waals surface area contributed by atoms with Crippen LogP contribution in [-0.4, -0.2) is 35.2 Å². The Morgan fingerprint density at radius 2 is 1.71 bits per heavy atom. The van der Waals surface area contributed by atoms with Crippen LogP contribution in [0.15, 0.2) is 45.8 Å². The van der Waals surface area contributed by atoms with Crippen molar-refractivity contribution in [1.82, 2.24) is 24.1 Å². The van der Waals surface area contributed by atoms with E-state index in [1.807, 2.05) is 0 Å². The smallest absolute Gasteiger partial charge is 0.416 e. The molecule has 0 saturated heterocycles. The summed E-state index contributed by atoms with van der Waals surface area (Å²) in [5.41, 5.74) is -1.08. The molecule has 1 N–H and O–H groups in total. The van der Waals surface area contributed by atoms with Crippen LogP contribution < -0.4 is 5.69 Å². The first kappa shape index (κ1) is 20.8. The average molecular weight is 496 g/mol. The number of hydrogen-bond acceptors (Lipinski definition) is 4. The summed E-state index contributed by atoms with van der Waals surface area (Å²) in [6, 6.07) is 7.86. The third-order valence-corrected chi connectivity index (χ3v) is 5.45. The second-order valence-corrected chi connectivity index (χ2v) is 7.48. The molecule has 0 amide bonds. The van der Waals surface area contributed by atoms with Crippen molar-refractivity contribution in [3.05, 3.63) is 68.4 Å². The van der Waals surface area contributed by atoms with Crippen LogP contribution >= 0.6 is 15.9 Å². The van der Waals surface area contributed by atoms with E-state index in [2.05, 4.69) is 26.1 Å². The highest BCUT2D eigenvalue weighted by molar-refractivity contribution is 9.10. The number of alkyl halides is 3. The lowest BCUT2D eigenvalue weighted by atomic mass is 10.1. The maximum absolute atomic E-state index is 13.2. The Morgan fingerprint density at radius 1 is 1.10 bits per heavy atom. The molecular weight excluding hydrogens is 483 g/mol. The molecule has 0 radical (unpaired) electrons. The topological polar surface area (TPSA) is 94.9 Å². The van der Waals surface area contributed by atoms with Crippen LogP contribution in [-0.2, 0) is 13.2 Å². The van der Waals surface area contributed by atoms with E-state index in [1.54, 1.807) is 31.2 Å². The van der Waals surface area contributed by atoms with E-state index in [9.17, 15) is 27.9 Å². The highest BCUT2D eigenvalue weighted by Crippen LogP contribution is 2.36. The van der Waals surface area contributed by atoms with Gasteiger partial charge in [-0.3, -0.25) is 0 Å². The third-order valence-electron chi connectivity index (χ3n) is 4.71. The van der Waals surface area contributed by atoms with Crippen molar-refractivity contribution in [2.45, 2.75) is 13.1 Å². The van der Waals surface area contributed by atoms with Gasteiger partial charge in [0, 0.05) is 12.4 Å². The number of hydrogen-bond donors (Lipinski definition) is 1. The second kappa shape index (κ2) is 7.08. The van der Waals surface area contributed by atoms with Gasteiger partial charge in [-0.25, -0.2) is 23.5 Å². The van der Waals surface area contributed by atoms with Crippen molar-refractivity contribution in [3.63, 3.8) is 0 Å². The third kappa shape index (κ3) is 3.42. The maximum Gasteiger partial charge on any atom is 0.416 e. The summed E-state index contributed by atoms with van der Waals surface area (Å²) in [5, 5.41) is 17.7. The van der Waals surface area contributed by atoms with E-state index in [-0.39, 0.29) is 21.2 Å². The van der Waals surface area contributed by atoms with E-state index in [1.165, 1.54) is 21.0 Å². The van der Waals surface area contributed by atoms with Crippen LogP contribution in [0.25, 0.3) is 22.3 Å². The number of aryl methyl sites for hydroxylation is 2. The van der Waals surface area contributed by atoms with E-state index in [0.29, 0.717) is 23.3 Å². The monoisotopic (exact) mass is 495 g/mol. The predicted molar refractivity (Wildman–Crippen MR) is 108 cm³/mol. The molecule has 0 aliphatic heterocycles. The van der Waals surface area contributed by atoms with E-state index < -0.39 is 23.3 Å². The molecule has 160 valence electrons. The molecule has 31 heavy (non-hydrogen) atoms. The Morgan fingerprint density at radius 3 is 2.23 bits per heavy atom. The molecule has 0 unspecified atom stereocenters. The highest BCUT2D eigenvalue weighted by atomic mass is 79.9. The normalized spacial score (nSPS) is 11.9. The molecule has 2 aromatic carbocycles. The van der Waals surface area contributed by atoms with Crippen LogP contribution in [0.4, 0.5) is 13.2 Å². The van der Waals surface area contributed by atoms with Crippen LogP contribution in [0.3, 0.4) is 0 Å². The predicted octanol–water partition coefficient (Wildman–Crippen LogP) is 3.70. The van der Waals surface area contributed by atoms with E-state index in [0.717, 1.165) is 6.07 Å². The fraction of sp³-hybridized carbons (Fsp3) is 0.158. The number of carboxylic acids is 1. The van der Waals surface area contributed by atoms with Gasteiger partial charge in [0.15, 0.2) is 0 Å². The Bertz CT molecular complexity index is 1400. The summed E-state index contributed by atoms with van der Waals surface area (Å²) in [7, 11) is 1.53. The standard InChI is InChI=1S/C19H13BrF3N5O3/c1-9-24-26(2)18(31)27(9)11-3-5-12(6-4-11)28-16(20)15-13(17(29)30)7-10(19(21,22)23)8-14(15)25-28/h3-8H,1-2H3,(H,29,30). The molecule has 0 atom stereocenters. The molecule has 4 rings (SSSR count). The minimum Gasteiger partial charge on any atom is -0.478 e.